The van der Waals surface area contributed by atoms with Crippen LogP contribution >= 0.6 is 11.3 Å². The Morgan fingerprint density at radius 3 is 2.12 bits per heavy atom. The van der Waals surface area contributed by atoms with Crippen LogP contribution < -0.4 is 9.62 Å². The fourth-order valence-corrected chi connectivity index (χ4v) is 4.24. The normalized spacial score (nSPS) is 11.2. The third-order valence-electron chi connectivity index (χ3n) is 4.91. The number of hydrogen-bond donors (Lipinski definition) is 1. The quantitative estimate of drug-likeness (QED) is 0.453. The maximum atomic E-state index is 12.6. The van der Waals surface area contributed by atoms with Crippen molar-refractivity contribution in [3.05, 3.63) is 84.0 Å². The summed E-state index contributed by atoms with van der Waals surface area (Å²) in [5.74, 6) is -0.239. The highest BCUT2D eigenvalue weighted by molar-refractivity contribution is 7.92. The van der Waals surface area contributed by atoms with Gasteiger partial charge < -0.3 is 0 Å². The van der Waals surface area contributed by atoms with Crippen LogP contribution in [0, 0.1) is 0 Å². The third kappa shape index (κ3) is 4.84. The Morgan fingerprint density at radius 2 is 1.50 bits per heavy atom. The van der Waals surface area contributed by atoms with Gasteiger partial charge in [0, 0.05) is 35.9 Å². The molecule has 0 bridgehead atoms. The largest absolute Gasteiger partial charge is 0.298 e. The fraction of sp³-hybridized carbons (Fsp3) is 0.0870. The van der Waals surface area contributed by atoms with Crippen LogP contribution in [0.4, 0.5) is 10.8 Å². The molecule has 2 aromatic carbocycles. The number of benzene rings is 2. The van der Waals surface area contributed by atoms with E-state index in [0.717, 1.165) is 22.9 Å². The van der Waals surface area contributed by atoms with Gasteiger partial charge >= 0.3 is 0 Å². The van der Waals surface area contributed by atoms with Crippen molar-refractivity contribution in [2.45, 2.75) is 0 Å². The number of pyridine rings is 1. The van der Waals surface area contributed by atoms with Crippen LogP contribution in [0.3, 0.4) is 0 Å². The molecule has 9 heteroatoms. The number of carbonyl (C=O) groups excluding carboxylic acids is 1. The first-order valence-corrected chi connectivity index (χ1v) is 12.4. The molecular weight excluding hydrogens is 444 g/mol. The lowest BCUT2D eigenvalue weighted by Gasteiger charge is -2.16. The highest BCUT2D eigenvalue weighted by Gasteiger charge is 2.13. The van der Waals surface area contributed by atoms with Gasteiger partial charge in [0.25, 0.3) is 5.91 Å². The maximum absolute atomic E-state index is 12.6. The lowest BCUT2D eigenvalue weighted by molar-refractivity contribution is 0.102. The summed E-state index contributed by atoms with van der Waals surface area (Å²) < 4.78 is 24.6. The van der Waals surface area contributed by atoms with Crippen molar-refractivity contribution < 1.29 is 13.2 Å². The number of sulfonamides is 1. The van der Waals surface area contributed by atoms with E-state index in [1.165, 1.54) is 22.7 Å². The van der Waals surface area contributed by atoms with Crippen LogP contribution in [0.1, 0.15) is 10.4 Å². The molecule has 2 heterocycles. The second-order valence-corrected chi connectivity index (χ2v) is 9.95. The summed E-state index contributed by atoms with van der Waals surface area (Å²) in [5, 5.41) is 5.16. The van der Waals surface area contributed by atoms with E-state index in [1.54, 1.807) is 48.8 Å². The first kappa shape index (κ1) is 21.7. The van der Waals surface area contributed by atoms with E-state index >= 15 is 0 Å². The summed E-state index contributed by atoms with van der Waals surface area (Å²) in [6.07, 6.45) is 4.62. The van der Waals surface area contributed by atoms with Gasteiger partial charge in [-0.3, -0.25) is 19.4 Å². The molecule has 0 unspecified atom stereocenters. The van der Waals surface area contributed by atoms with Gasteiger partial charge in [0.15, 0.2) is 5.13 Å². The van der Waals surface area contributed by atoms with Gasteiger partial charge in [-0.2, -0.15) is 0 Å². The van der Waals surface area contributed by atoms with Crippen LogP contribution in [0.2, 0.25) is 0 Å². The summed E-state index contributed by atoms with van der Waals surface area (Å²) in [7, 11) is -1.81. The minimum absolute atomic E-state index is 0.239. The summed E-state index contributed by atoms with van der Waals surface area (Å²) >= 11 is 1.33. The van der Waals surface area contributed by atoms with Gasteiger partial charge in [-0.15, -0.1) is 11.3 Å². The van der Waals surface area contributed by atoms with Gasteiger partial charge in [0.2, 0.25) is 10.0 Å². The average Bonchev–Trinajstić information content (AvgIpc) is 3.27. The Bertz CT molecular complexity index is 1330. The predicted molar refractivity (Wildman–Crippen MR) is 128 cm³/mol. The summed E-state index contributed by atoms with van der Waals surface area (Å²) in [4.78, 5) is 21.1. The summed E-state index contributed by atoms with van der Waals surface area (Å²) in [6, 6.07) is 18.2. The first-order valence-electron chi connectivity index (χ1n) is 9.63. The standard InChI is InChI=1S/C23H20N4O3S2/c1-27(32(2,29)30)20-9-7-18(8-10-20)21-15-31-23(25-21)26-22(28)19-5-3-16(4-6-19)17-11-13-24-14-12-17/h3-15H,1-2H3,(H,25,26,28). The third-order valence-corrected chi connectivity index (χ3v) is 6.87. The number of hydrogen-bond acceptors (Lipinski definition) is 6. The number of thiazole rings is 1. The second kappa shape index (κ2) is 8.89. The van der Waals surface area contributed by atoms with Crippen molar-refractivity contribution in [3.8, 4) is 22.4 Å². The monoisotopic (exact) mass is 464 g/mol. The number of nitrogens with one attached hydrogen (secondary N) is 1. The Hall–Kier alpha value is -3.56. The van der Waals surface area contributed by atoms with Crippen LogP contribution in [0.25, 0.3) is 22.4 Å². The number of aromatic nitrogens is 2. The van der Waals surface area contributed by atoms with Crippen molar-refractivity contribution in [1.29, 1.82) is 0 Å². The van der Waals surface area contributed by atoms with Crippen molar-refractivity contribution in [2.75, 3.05) is 22.9 Å². The van der Waals surface area contributed by atoms with E-state index < -0.39 is 10.0 Å². The van der Waals surface area contributed by atoms with E-state index in [0.29, 0.717) is 22.1 Å². The molecule has 0 atom stereocenters. The topological polar surface area (TPSA) is 92.3 Å². The number of amides is 1. The molecule has 0 saturated carbocycles. The minimum Gasteiger partial charge on any atom is -0.298 e. The highest BCUT2D eigenvalue weighted by atomic mass is 32.2. The summed E-state index contributed by atoms with van der Waals surface area (Å²) in [6.45, 7) is 0. The van der Waals surface area contributed by atoms with Crippen LogP contribution in [-0.2, 0) is 10.0 Å². The zero-order valence-electron chi connectivity index (χ0n) is 17.4. The number of rotatable bonds is 6. The van der Waals surface area contributed by atoms with E-state index in [1.807, 2.05) is 29.6 Å². The lowest BCUT2D eigenvalue weighted by Crippen LogP contribution is -2.24. The highest BCUT2D eigenvalue weighted by Crippen LogP contribution is 2.27. The zero-order valence-corrected chi connectivity index (χ0v) is 19.0. The Labute approximate surface area is 190 Å². The Kier molecular flexibility index (Phi) is 6.02. The van der Waals surface area contributed by atoms with Crippen molar-refractivity contribution >= 4 is 38.1 Å². The van der Waals surface area contributed by atoms with E-state index in [-0.39, 0.29) is 5.91 Å². The smallest absolute Gasteiger partial charge is 0.257 e. The molecule has 32 heavy (non-hydrogen) atoms. The average molecular weight is 465 g/mol. The summed E-state index contributed by atoms with van der Waals surface area (Å²) in [5.41, 5.74) is 4.67. The molecule has 4 aromatic rings. The molecule has 4 rings (SSSR count). The van der Waals surface area contributed by atoms with E-state index in [4.69, 9.17) is 0 Å². The SMILES string of the molecule is CN(c1ccc(-c2csc(NC(=O)c3ccc(-c4ccncc4)cc3)n2)cc1)S(C)(=O)=O. The fourth-order valence-electron chi connectivity index (χ4n) is 3.03. The van der Waals surface area contributed by atoms with E-state index in [2.05, 4.69) is 15.3 Å². The van der Waals surface area contributed by atoms with Crippen molar-refractivity contribution in [3.63, 3.8) is 0 Å². The minimum atomic E-state index is -3.32. The first-order chi connectivity index (χ1) is 15.3. The molecule has 0 aliphatic rings. The van der Waals surface area contributed by atoms with Gasteiger partial charge in [0.05, 0.1) is 17.6 Å². The number of nitrogens with zero attached hydrogens (tertiary/aromatic N) is 3. The number of carbonyl (C=O) groups is 1. The maximum Gasteiger partial charge on any atom is 0.257 e. The van der Waals surface area contributed by atoms with Crippen LogP contribution in [0.15, 0.2) is 78.4 Å². The molecule has 1 amide bonds. The molecule has 7 nitrogen and oxygen atoms in total. The molecule has 0 radical (unpaired) electrons. The molecule has 0 fully saturated rings. The molecule has 1 N–H and O–H groups in total. The molecular formula is C23H20N4O3S2. The number of anilines is 2. The Morgan fingerprint density at radius 1 is 0.906 bits per heavy atom. The van der Waals surface area contributed by atoms with E-state index in [9.17, 15) is 13.2 Å². The lowest BCUT2D eigenvalue weighted by atomic mass is 10.1. The van der Waals surface area contributed by atoms with Gasteiger partial charge in [-0.1, -0.05) is 24.3 Å². The van der Waals surface area contributed by atoms with Gasteiger partial charge in [-0.25, -0.2) is 13.4 Å². The predicted octanol–water partition coefficient (Wildman–Crippen LogP) is 4.52. The molecule has 2 aromatic heterocycles. The van der Waals surface area contributed by atoms with Crippen molar-refractivity contribution in [1.82, 2.24) is 9.97 Å². The van der Waals surface area contributed by atoms with Crippen LogP contribution in [-0.4, -0.2) is 37.6 Å². The Balaban J connectivity index is 1.44. The molecule has 0 saturated heterocycles. The molecule has 162 valence electrons. The van der Waals surface area contributed by atoms with Crippen molar-refractivity contribution in [2.24, 2.45) is 0 Å². The van der Waals surface area contributed by atoms with Gasteiger partial charge in [0.1, 0.15) is 0 Å². The van der Waals surface area contributed by atoms with Crippen LogP contribution in [0.5, 0.6) is 0 Å². The molecule has 0 aliphatic carbocycles. The second-order valence-electron chi connectivity index (χ2n) is 7.08. The van der Waals surface area contributed by atoms with Gasteiger partial charge in [-0.05, 0) is 47.5 Å². The molecule has 0 spiro atoms. The zero-order chi connectivity index (χ0) is 22.7. The molecule has 0 aliphatic heterocycles.